The highest BCUT2D eigenvalue weighted by molar-refractivity contribution is 5.79. The Hall–Kier alpha value is -4.13. The average molecular weight is 584 g/mol. The molecule has 0 saturated heterocycles. The number of aromatic nitrogens is 1. The van der Waals surface area contributed by atoms with Crippen LogP contribution in [-0.2, 0) is 20.9 Å². The van der Waals surface area contributed by atoms with Crippen LogP contribution in [0.2, 0.25) is 0 Å². The molecule has 1 aliphatic rings. The molecular weight excluding hydrogens is 550 g/mol. The number of nitrogens with zero attached hydrogens (tertiary/aromatic N) is 1. The molecule has 0 spiro atoms. The lowest BCUT2D eigenvalue weighted by Gasteiger charge is -2.14. The van der Waals surface area contributed by atoms with Crippen LogP contribution in [0.5, 0.6) is 11.5 Å². The van der Waals surface area contributed by atoms with Crippen molar-refractivity contribution in [2.45, 2.75) is 52.8 Å². The van der Waals surface area contributed by atoms with Gasteiger partial charge in [0.25, 0.3) is 0 Å². The van der Waals surface area contributed by atoms with Crippen molar-refractivity contribution in [1.29, 1.82) is 0 Å². The molecular formula is C28H33F4N3O6. The molecule has 1 atom stereocenters. The highest BCUT2D eigenvalue weighted by Crippen LogP contribution is 2.36. The number of esters is 1. The van der Waals surface area contributed by atoms with E-state index in [9.17, 15) is 27.2 Å². The maximum absolute atomic E-state index is 13.3. The minimum atomic E-state index is -2.91. The van der Waals surface area contributed by atoms with Gasteiger partial charge in [0.15, 0.2) is 17.5 Å². The number of rotatable bonds is 11. The van der Waals surface area contributed by atoms with Gasteiger partial charge in [-0.2, -0.15) is 8.78 Å². The molecule has 3 N–H and O–H groups in total. The number of methoxy groups -OCH3 is 1. The lowest BCUT2D eigenvalue weighted by atomic mass is 10.1. The number of carbonyl (C=O) groups excluding carboxylic acids is 2. The van der Waals surface area contributed by atoms with Gasteiger partial charge in [0.2, 0.25) is 12.3 Å². The summed E-state index contributed by atoms with van der Waals surface area (Å²) in [6.07, 6.45) is 2.44. The van der Waals surface area contributed by atoms with Crippen LogP contribution in [0.3, 0.4) is 0 Å². The van der Waals surface area contributed by atoms with Crippen molar-refractivity contribution in [3.8, 4) is 23.0 Å². The van der Waals surface area contributed by atoms with Crippen molar-refractivity contribution in [1.82, 2.24) is 10.3 Å². The number of hydrogen-bond acceptors (Lipinski definition) is 8. The number of ether oxygens (including phenoxy) is 3. The van der Waals surface area contributed by atoms with Gasteiger partial charge in [-0.25, -0.2) is 18.6 Å². The first-order valence-corrected chi connectivity index (χ1v) is 12.8. The van der Waals surface area contributed by atoms with E-state index in [-0.39, 0.29) is 30.0 Å². The van der Waals surface area contributed by atoms with Crippen molar-refractivity contribution < 1.29 is 45.8 Å². The summed E-state index contributed by atoms with van der Waals surface area (Å²) in [6, 6.07) is 6.05. The molecule has 2 aromatic carbocycles. The molecule has 4 rings (SSSR count). The number of alkyl halides is 2. The first-order chi connectivity index (χ1) is 19.7. The molecule has 0 bridgehead atoms. The summed E-state index contributed by atoms with van der Waals surface area (Å²) in [5.41, 5.74) is 6.75. The van der Waals surface area contributed by atoms with Crippen molar-refractivity contribution in [2.75, 3.05) is 13.7 Å². The summed E-state index contributed by atoms with van der Waals surface area (Å²) < 4.78 is 71.1. The summed E-state index contributed by atoms with van der Waals surface area (Å²) >= 11 is 0. The van der Waals surface area contributed by atoms with E-state index in [0.717, 1.165) is 32.1 Å². The van der Waals surface area contributed by atoms with Crippen LogP contribution >= 0.6 is 0 Å². The molecule has 1 heterocycles. The second-order valence-corrected chi connectivity index (χ2v) is 8.43. The van der Waals surface area contributed by atoms with E-state index in [1.165, 1.54) is 6.07 Å². The molecule has 0 radical (unpaired) electrons. The van der Waals surface area contributed by atoms with Crippen LogP contribution < -0.4 is 20.5 Å². The Labute approximate surface area is 235 Å². The lowest BCUT2D eigenvalue weighted by molar-refractivity contribution is -0.144. The van der Waals surface area contributed by atoms with Crippen molar-refractivity contribution >= 4 is 12.4 Å². The number of aryl methyl sites for hydroxylation is 1. The Balaban J connectivity index is 0.000000288. The highest BCUT2D eigenvalue weighted by Gasteiger charge is 2.25. The fourth-order valence-corrected chi connectivity index (χ4v) is 3.39. The number of amides is 1. The summed E-state index contributed by atoms with van der Waals surface area (Å²) in [7, 11) is 1.10. The van der Waals surface area contributed by atoms with Gasteiger partial charge in [0, 0.05) is 17.2 Å². The second-order valence-electron chi connectivity index (χ2n) is 8.43. The third-order valence-corrected chi connectivity index (χ3v) is 5.60. The largest absolute Gasteiger partial charge is 0.489 e. The Kier molecular flexibility index (Phi) is 13.1. The number of carbonyl (C=O) groups is 2. The summed E-state index contributed by atoms with van der Waals surface area (Å²) in [4.78, 5) is 25.8. The molecule has 1 amide bonds. The first-order valence-electron chi connectivity index (χ1n) is 12.8. The number of nitrogens with two attached hydrogens (primary N) is 1. The Bertz CT molecular complexity index is 1280. The minimum absolute atomic E-state index is 0.00623. The van der Waals surface area contributed by atoms with E-state index in [0.29, 0.717) is 41.5 Å². The maximum atomic E-state index is 13.3. The molecule has 41 heavy (non-hydrogen) atoms. The van der Waals surface area contributed by atoms with E-state index < -0.39 is 30.3 Å². The van der Waals surface area contributed by atoms with Crippen molar-refractivity contribution in [3.63, 3.8) is 0 Å². The molecule has 3 aromatic rings. The van der Waals surface area contributed by atoms with Gasteiger partial charge < -0.3 is 29.7 Å². The topological polar surface area (TPSA) is 126 Å². The second kappa shape index (κ2) is 16.2. The molecule has 1 unspecified atom stereocenters. The van der Waals surface area contributed by atoms with Crippen LogP contribution in [-0.4, -0.2) is 37.7 Å². The van der Waals surface area contributed by atoms with Gasteiger partial charge in [-0.05, 0) is 49.9 Å². The zero-order chi connectivity index (χ0) is 30.5. The van der Waals surface area contributed by atoms with Crippen LogP contribution in [0.15, 0.2) is 40.8 Å². The predicted molar refractivity (Wildman–Crippen MR) is 141 cm³/mol. The zero-order valence-corrected chi connectivity index (χ0v) is 23.1. The molecule has 13 heteroatoms. The van der Waals surface area contributed by atoms with E-state index in [4.69, 9.17) is 14.9 Å². The Morgan fingerprint density at radius 1 is 1.17 bits per heavy atom. The average Bonchev–Trinajstić information content (AvgIpc) is 3.71. The lowest BCUT2D eigenvalue weighted by Crippen LogP contribution is -2.29. The van der Waals surface area contributed by atoms with Gasteiger partial charge in [-0.3, -0.25) is 4.79 Å². The van der Waals surface area contributed by atoms with Crippen LogP contribution in [0.1, 0.15) is 49.7 Å². The number of oxazole rings is 1. The van der Waals surface area contributed by atoms with E-state index in [1.807, 2.05) is 13.8 Å². The molecule has 0 aliphatic heterocycles. The zero-order valence-electron chi connectivity index (χ0n) is 23.1. The van der Waals surface area contributed by atoms with Crippen LogP contribution in [0.4, 0.5) is 17.6 Å². The fourth-order valence-electron chi connectivity index (χ4n) is 3.39. The predicted octanol–water partition coefficient (Wildman–Crippen LogP) is 5.45. The molecule has 1 saturated carbocycles. The highest BCUT2D eigenvalue weighted by atomic mass is 19.3. The smallest absolute Gasteiger partial charge is 0.387 e. The van der Waals surface area contributed by atoms with Gasteiger partial charge in [-0.15, -0.1) is 0 Å². The van der Waals surface area contributed by atoms with Gasteiger partial charge >= 0.3 is 12.6 Å². The quantitative estimate of drug-likeness (QED) is 0.173. The van der Waals surface area contributed by atoms with E-state index in [1.54, 1.807) is 19.1 Å². The third kappa shape index (κ3) is 9.78. The summed E-state index contributed by atoms with van der Waals surface area (Å²) in [5, 5.41) is 2.09. The molecule has 1 aromatic heterocycles. The Morgan fingerprint density at radius 3 is 2.41 bits per heavy atom. The summed E-state index contributed by atoms with van der Waals surface area (Å²) in [5.74, 6) is -0.799. The Morgan fingerprint density at radius 2 is 1.88 bits per heavy atom. The van der Waals surface area contributed by atoms with Gasteiger partial charge in [0.05, 0.1) is 26.0 Å². The molecule has 224 valence electrons. The van der Waals surface area contributed by atoms with Gasteiger partial charge in [0.1, 0.15) is 17.4 Å². The number of hydrogen-bond donors (Lipinski definition) is 2. The molecule has 1 aliphatic carbocycles. The summed E-state index contributed by atoms with van der Waals surface area (Å²) in [6.45, 7) is 3.63. The first kappa shape index (κ1) is 33.1. The normalized spacial score (nSPS) is 12.7. The van der Waals surface area contributed by atoms with E-state index in [2.05, 4.69) is 19.8 Å². The third-order valence-electron chi connectivity index (χ3n) is 5.60. The molecule has 9 nitrogen and oxygen atoms in total. The van der Waals surface area contributed by atoms with Crippen LogP contribution in [0.25, 0.3) is 11.5 Å². The number of nitrogens with one attached hydrogen (secondary N) is 1. The number of benzene rings is 2. The molecule has 1 fully saturated rings. The van der Waals surface area contributed by atoms with E-state index >= 15 is 0 Å². The van der Waals surface area contributed by atoms with Crippen molar-refractivity contribution in [3.05, 3.63) is 65.1 Å². The minimum Gasteiger partial charge on any atom is -0.489 e. The van der Waals surface area contributed by atoms with Crippen molar-refractivity contribution in [2.24, 2.45) is 11.7 Å². The van der Waals surface area contributed by atoms with Crippen LogP contribution in [0, 0.1) is 24.5 Å². The maximum Gasteiger partial charge on any atom is 0.387 e. The monoisotopic (exact) mass is 583 g/mol. The standard InChI is InChI=1S/C16H18F2N2O3.C10H9F2NO3.C2H6/c1-9-14(7-19)22-15(20-9)11-4-5-12(23-16(17)18)13(6-11)21-8-10-2-3-10;1-16-10(15)9(13-5-14)7-3-2-6(11)4-8(7)12;1-2/h4-6,10,16H,2-3,7-8,19H2,1H3;2-5,9H,1H3,(H,13,14);1-2H3. The fraction of sp³-hybridized carbons (Fsp3) is 0.393. The number of halogens is 4. The SMILES string of the molecule is CC.COC(=O)C(NC=O)c1ccc(F)cc1F.Cc1nc(-c2ccc(OC(F)F)c(OCC3CC3)c2)oc1CN. The van der Waals surface area contributed by atoms with Gasteiger partial charge in [-0.1, -0.05) is 19.9 Å².